The number of aromatic amines is 1. The lowest BCUT2D eigenvalue weighted by molar-refractivity contribution is 0.0992. The van der Waals surface area contributed by atoms with Crippen LogP contribution in [0.1, 0.15) is 92.8 Å². The van der Waals surface area contributed by atoms with Crippen molar-refractivity contribution in [3.05, 3.63) is 188 Å². The predicted octanol–water partition coefficient (Wildman–Crippen LogP) is 13.9. The highest BCUT2D eigenvalue weighted by atomic mass is 79.9. The van der Waals surface area contributed by atoms with Gasteiger partial charge in [-0.2, -0.15) is 0 Å². The van der Waals surface area contributed by atoms with Gasteiger partial charge in [0.25, 0.3) is 0 Å². The second-order valence-electron chi connectivity index (χ2n) is 16.4. The van der Waals surface area contributed by atoms with E-state index in [-0.39, 0.29) is 19.6 Å². The Labute approximate surface area is 392 Å². The lowest BCUT2D eigenvalue weighted by atomic mass is 10.0. The summed E-state index contributed by atoms with van der Waals surface area (Å²) in [6, 6.07) is 30.9. The Kier molecular flexibility index (Phi) is 17.6. The quantitative estimate of drug-likeness (QED) is 0.0716. The number of carbonyl (C=O) groups excluding carboxylic acids is 1. The SMILES string of the molecule is C.CC(C)[Si](C(C)C)(C(C)C)n1cc(Cc2ccc(Br)nc2)c2cccnc21.NCc1cccc(Cl)c1.O=C(Cc1ccc(Cc2c[nH]c3ncccc23)cn1)c1cccc(Cl)c1. The van der Waals surface area contributed by atoms with E-state index in [9.17, 15) is 4.79 Å². The third kappa shape index (κ3) is 12.0. The minimum Gasteiger partial charge on any atom is -0.358 e. The first kappa shape index (κ1) is 49.0. The van der Waals surface area contributed by atoms with Crippen molar-refractivity contribution in [2.45, 2.75) is 91.4 Å². The topological polar surface area (TPSA) is 115 Å². The van der Waals surface area contributed by atoms with Gasteiger partial charge in [-0.25, -0.2) is 15.0 Å². The van der Waals surface area contributed by atoms with Crippen LogP contribution in [0.5, 0.6) is 0 Å². The number of benzene rings is 2. The normalized spacial score (nSPS) is 11.3. The monoisotopic (exact) mass is 961 g/mol. The largest absolute Gasteiger partial charge is 0.358 e. The fourth-order valence-electron chi connectivity index (χ4n) is 8.76. The molecule has 2 aromatic carbocycles. The third-order valence-corrected chi connectivity index (χ3v) is 19.1. The first-order valence-electron chi connectivity index (χ1n) is 20.9. The lowest BCUT2D eigenvalue weighted by Gasteiger charge is -2.44. The van der Waals surface area contributed by atoms with Crippen molar-refractivity contribution >= 4 is 75.2 Å². The van der Waals surface area contributed by atoms with Gasteiger partial charge in [-0.05, 0) is 121 Å². The number of nitrogens with zero attached hydrogens (tertiary/aromatic N) is 5. The number of nitrogens with two attached hydrogens (primary N) is 1. The molecule has 3 N–H and O–H groups in total. The number of H-pyrrole nitrogens is 1. The van der Waals surface area contributed by atoms with Gasteiger partial charge in [-0.1, -0.05) is 109 Å². The molecule has 0 bridgehead atoms. The molecule has 0 saturated heterocycles. The first-order valence-corrected chi connectivity index (χ1v) is 24.7. The van der Waals surface area contributed by atoms with E-state index in [4.69, 9.17) is 33.9 Å². The molecule has 0 aliphatic rings. The van der Waals surface area contributed by atoms with Gasteiger partial charge in [-0.3, -0.25) is 9.78 Å². The summed E-state index contributed by atoms with van der Waals surface area (Å²) in [7, 11) is -1.84. The van der Waals surface area contributed by atoms with E-state index in [1.807, 2.05) is 73.3 Å². The Morgan fingerprint density at radius 1 is 0.714 bits per heavy atom. The van der Waals surface area contributed by atoms with Gasteiger partial charge in [0.05, 0.1) is 6.42 Å². The molecule has 0 radical (unpaired) electrons. The Balaban J connectivity index is 0.000000196. The van der Waals surface area contributed by atoms with Crippen molar-refractivity contribution < 1.29 is 4.79 Å². The number of carbonyl (C=O) groups is 1. The van der Waals surface area contributed by atoms with Crippen LogP contribution in [0.25, 0.3) is 22.1 Å². The van der Waals surface area contributed by atoms with Crippen LogP contribution in [0.4, 0.5) is 0 Å². The van der Waals surface area contributed by atoms with Crippen molar-refractivity contribution in [1.82, 2.24) is 29.2 Å². The van der Waals surface area contributed by atoms with Crippen molar-refractivity contribution in [3.63, 3.8) is 0 Å². The van der Waals surface area contributed by atoms with Gasteiger partial charge in [0, 0.05) is 88.6 Å². The second kappa shape index (κ2) is 22.6. The standard InChI is InChI=1S/C22H30BrN3Si.C21H16ClN3O.C7H8ClN.CH4/c1-15(2)27(16(3)4,17(5)6)26-14-19(20-8-7-11-24-22(20)26)12-18-9-10-21(23)25-13-18;22-17-4-1-3-15(10-17)20(26)11-18-7-6-14(12-24-18)9-16-13-25-21-19(16)5-2-8-23-21;8-7-3-1-2-6(4-7)5-9;/h7-11,13-17H,12H2,1-6H3;1-8,10,12-13H,9,11H2,(H,23,25);1-4H,5,9H2;1H4. The van der Waals surface area contributed by atoms with Crippen LogP contribution in [-0.4, -0.2) is 43.2 Å². The van der Waals surface area contributed by atoms with E-state index in [1.165, 1.54) is 22.1 Å². The van der Waals surface area contributed by atoms with Crippen LogP contribution in [0.2, 0.25) is 26.7 Å². The molecule has 6 heterocycles. The molecule has 0 saturated carbocycles. The van der Waals surface area contributed by atoms with Gasteiger partial charge in [-0.15, -0.1) is 0 Å². The summed E-state index contributed by atoms with van der Waals surface area (Å²) in [5, 5.41) is 3.71. The molecule has 0 fully saturated rings. The molecule has 6 aromatic heterocycles. The molecule has 63 heavy (non-hydrogen) atoms. The highest BCUT2D eigenvalue weighted by Crippen LogP contribution is 2.44. The van der Waals surface area contributed by atoms with E-state index in [0.29, 0.717) is 33.8 Å². The molecule has 8 aromatic rings. The molecule has 0 spiro atoms. The zero-order chi connectivity index (χ0) is 44.4. The maximum absolute atomic E-state index is 12.3. The van der Waals surface area contributed by atoms with Crippen LogP contribution in [0, 0.1) is 0 Å². The van der Waals surface area contributed by atoms with E-state index in [2.05, 4.69) is 112 Å². The average Bonchev–Trinajstić information content (AvgIpc) is 3.84. The molecule has 0 aliphatic heterocycles. The van der Waals surface area contributed by atoms with Crippen molar-refractivity contribution in [2.24, 2.45) is 5.73 Å². The van der Waals surface area contributed by atoms with Gasteiger partial charge in [0.1, 0.15) is 15.9 Å². The van der Waals surface area contributed by atoms with Crippen molar-refractivity contribution in [3.8, 4) is 0 Å². The number of ketones is 1. The van der Waals surface area contributed by atoms with E-state index >= 15 is 0 Å². The summed E-state index contributed by atoms with van der Waals surface area (Å²) < 4.78 is 3.49. The second-order valence-corrected chi connectivity index (χ2v) is 23.8. The minimum absolute atomic E-state index is 0. The molecular weight excluding hydrogens is 906 g/mol. The smallest absolute Gasteiger partial charge is 0.171 e. The highest BCUT2D eigenvalue weighted by Gasteiger charge is 2.46. The Morgan fingerprint density at radius 3 is 1.92 bits per heavy atom. The number of halogens is 3. The van der Waals surface area contributed by atoms with Gasteiger partial charge < -0.3 is 15.0 Å². The lowest BCUT2D eigenvalue weighted by Crippen LogP contribution is -2.51. The minimum atomic E-state index is -1.84. The first-order chi connectivity index (χ1) is 29.8. The summed E-state index contributed by atoms with van der Waals surface area (Å²) in [6.45, 7) is 15.0. The summed E-state index contributed by atoms with van der Waals surface area (Å²) in [4.78, 5) is 33.5. The summed E-state index contributed by atoms with van der Waals surface area (Å²) in [6.07, 6.45) is 13.8. The summed E-state index contributed by atoms with van der Waals surface area (Å²) in [5.41, 5.74) is 16.6. The van der Waals surface area contributed by atoms with Crippen LogP contribution in [-0.2, 0) is 25.8 Å². The number of nitrogens with one attached hydrogen (secondary N) is 1. The van der Waals surface area contributed by atoms with Gasteiger partial charge in [0.15, 0.2) is 14.0 Å². The molecule has 8 nitrogen and oxygen atoms in total. The van der Waals surface area contributed by atoms with E-state index in [0.717, 1.165) is 56.0 Å². The maximum Gasteiger partial charge on any atom is 0.171 e. The van der Waals surface area contributed by atoms with Crippen LogP contribution in [0.3, 0.4) is 0 Å². The molecule has 8 rings (SSSR count). The van der Waals surface area contributed by atoms with Crippen molar-refractivity contribution in [2.75, 3.05) is 0 Å². The summed E-state index contributed by atoms with van der Waals surface area (Å²) >= 11 is 15.0. The van der Waals surface area contributed by atoms with Gasteiger partial charge in [0.2, 0.25) is 0 Å². The number of fused-ring (bicyclic) bond motifs is 2. The molecule has 12 heteroatoms. The molecule has 0 aliphatic carbocycles. The Bertz CT molecular complexity index is 2690. The molecule has 328 valence electrons. The van der Waals surface area contributed by atoms with Crippen LogP contribution < -0.4 is 5.73 Å². The van der Waals surface area contributed by atoms with E-state index in [1.54, 1.807) is 30.5 Å². The van der Waals surface area contributed by atoms with Gasteiger partial charge >= 0.3 is 0 Å². The fourth-order valence-corrected chi connectivity index (χ4v) is 16.0. The van der Waals surface area contributed by atoms with Crippen molar-refractivity contribution in [1.29, 1.82) is 0 Å². The zero-order valence-corrected chi connectivity index (χ0v) is 40.2. The summed E-state index contributed by atoms with van der Waals surface area (Å²) in [5.74, 6) is 0.00968. The molecule has 0 unspecified atom stereocenters. The number of rotatable bonds is 12. The van der Waals surface area contributed by atoms with Crippen LogP contribution >= 0.6 is 39.1 Å². The Hall–Kier alpha value is -4.97. The number of hydrogen-bond acceptors (Lipinski definition) is 6. The average molecular weight is 964 g/mol. The highest BCUT2D eigenvalue weighted by molar-refractivity contribution is 9.10. The molecule has 0 atom stereocenters. The van der Waals surface area contributed by atoms with Crippen LogP contribution in [0.15, 0.2) is 139 Å². The molecular formula is C51H58BrCl2N7OSi. The third-order valence-electron chi connectivity index (χ3n) is 11.5. The molecule has 0 amide bonds. The number of hydrogen-bond donors (Lipinski definition) is 2. The zero-order valence-electron chi connectivity index (χ0n) is 36.1. The predicted molar refractivity (Wildman–Crippen MR) is 270 cm³/mol. The number of pyridine rings is 4. The maximum atomic E-state index is 12.3. The Morgan fingerprint density at radius 2 is 1.33 bits per heavy atom. The fraction of sp³-hybridized carbons (Fsp3) is 0.275. The van der Waals surface area contributed by atoms with E-state index < -0.39 is 8.24 Å². The number of aromatic nitrogens is 6. The number of Topliss-reactive ketones (excluding diaryl/α,β-unsaturated/α-hetero) is 1.